The zero-order valence-corrected chi connectivity index (χ0v) is 27.2. The molecule has 2 aromatic heterocycles. The van der Waals surface area contributed by atoms with E-state index in [-0.39, 0.29) is 0 Å². The van der Waals surface area contributed by atoms with Crippen molar-refractivity contribution in [3.63, 3.8) is 0 Å². The molecule has 218 valence electrons. The molecule has 0 atom stereocenters. The van der Waals surface area contributed by atoms with Crippen molar-refractivity contribution in [2.75, 3.05) is 4.90 Å². The van der Waals surface area contributed by atoms with Crippen molar-refractivity contribution in [1.82, 2.24) is 4.57 Å². The van der Waals surface area contributed by atoms with Gasteiger partial charge in [0, 0.05) is 53.3 Å². The third-order valence-electron chi connectivity index (χ3n) is 8.82. The summed E-state index contributed by atoms with van der Waals surface area (Å²) < 4.78 is 6.16. The van der Waals surface area contributed by atoms with E-state index >= 15 is 0 Å². The van der Waals surface area contributed by atoms with Gasteiger partial charge in [0.25, 0.3) is 0 Å². The largest absolute Gasteiger partial charge is 0.310 e. The van der Waals surface area contributed by atoms with Gasteiger partial charge in [-0.3, -0.25) is 0 Å². The lowest BCUT2D eigenvalue weighted by molar-refractivity contribution is 1.18. The first-order valence-corrected chi connectivity index (χ1v) is 17.0. The lowest BCUT2D eigenvalue weighted by Gasteiger charge is -2.28. The number of hydrogen-bond acceptors (Lipinski definition) is 2. The average molecular weight is 672 g/mol. The molecule has 7 aromatic carbocycles. The van der Waals surface area contributed by atoms with Crippen LogP contribution in [0.25, 0.3) is 58.8 Å². The molecular weight excluding hydrogens is 644 g/mol. The third kappa shape index (κ3) is 4.37. The van der Waals surface area contributed by atoms with Crippen LogP contribution in [0.3, 0.4) is 0 Å². The van der Waals surface area contributed by atoms with E-state index in [4.69, 9.17) is 0 Å². The lowest BCUT2D eigenvalue weighted by atomic mass is 10.0. The van der Waals surface area contributed by atoms with Crippen molar-refractivity contribution in [2.24, 2.45) is 0 Å². The van der Waals surface area contributed by atoms with Gasteiger partial charge in [-0.1, -0.05) is 119 Å². The Hall–Kier alpha value is -5.16. The van der Waals surface area contributed by atoms with Gasteiger partial charge in [-0.15, -0.1) is 11.3 Å². The van der Waals surface area contributed by atoms with Gasteiger partial charge in [-0.25, -0.2) is 0 Å². The van der Waals surface area contributed by atoms with E-state index in [2.05, 4.69) is 189 Å². The number of fused-ring (bicyclic) bond motifs is 7. The highest BCUT2D eigenvalue weighted by Gasteiger charge is 2.21. The molecule has 46 heavy (non-hydrogen) atoms. The molecule has 2 heterocycles. The van der Waals surface area contributed by atoms with Crippen LogP contribution in [-0.4, -0.2) is 4.57 Å². The molecule has 0 N–H and O–H groups in total. The van der Waals surface area contributed by atoms with Crippen LogP contribution in [0, 0.1) is 0 Å². The Balaban J connectivity index is 1.36. The average Bonchev–Trinajstić information content (AvgIpc) is 3.65. The summed E-state index contributed by atoms with van der Waals surface area (Å²) >= 11 is 5.58. The summed E-state index contributed by atoms with van der Waals surface area (Å²) in [4.78, 5) is 2.39. The number of hydrogen-bond donors (Lipinski definition) is 0. The molecule has 4 heteroatoms. The standard InChI is InChI=1S/C42H27BrN2S/c43-29-13-11-12-28(26-29)33-18-7-9-20-38(33)44(30-14-3-1-4-15-30)32-22-23-34-36-24-25-37-35-19-8-10-21-40(35)46-42(37)41(36)45(39(34)27-32)31-16-5-2-6-17-31/h1-27H. The van der Waals surface area contributed by atoms with Crippen molar-refractivity contribution >= 4 is 86.3 Å². The van der Waals surface area contributed by atoms with Crippen LogP contribution in [0.5, 0.6) is 0 Å². The van der Waals surface area contributed by atoms with E-state index in [9.17, 15) is 0 Å². The summed E-state index contributed by atoms with van der Waals surface area (Å²) in [5.41, 5.74) is 9.28. The summed E-state index contributed by atoms with van der Waals surface area (Å²) in [6, 6.07) is 59.0. The molecule has 0 spiro atoms. The van der Waals surface area contributed by atoms with Gasteiger partial charge in [-0.2, -0.15) is 0 Å². The van der Waals surface area contributed by atoms with E-state index < -0.39 is 0 Å². The number of thiophene rings is 1. The third-order valence-corrected chi connectivity index (χ3v) is 10.5. The number of nitrogens with zero attached hydrogens (tertiary/aromatic N) is 2. The second-order valence-corrected chi connectivity index (χ2v) is 13.5. The number of benzene rings is 7. The van der Waals surface area contributed by atoms with E-state index in [0.717, 1.165) is 32.8 Å². The Morgan fingerprint density at radius 3 is 2.09 bits per heavy atom. The molecule has 0 amide bonds. The number of aromatic nitrogens is 1. The van der Waals surface area contributed by atoms with Gasteiger partial charge in [0.1, 0.15) is 0 Å². The van der Waals surface area contributed by atoms with Gasteiger partial charge in [-0.05, 0) is 66.2 Å². The Labute approximate surface area is 279 Å². The maximum Gasteiger partial charge on any atom is 0.0719 e. The number of rotatable bonds is 5. The minimum atomic E-state index is 1.06. The molecule has 2 nitrogen and oxygen atoms in total. The molecule has 0 unspecified atom stereocenters. The second-order valence-electron chi connectivity index (χ2n) is 11.5. The first kappa shape index (κ1) is 27.2. The van der Waals surface area contributed by atoms with Crippen LogP contribution >= 0.6 is 27.3 Å². The zero-order chi connectivity index (χ0) is 30.6. The quantitative estimate of drug-likeness (QED) is 0.177. The Bertz CT molecular complexity index is 2550. The van der Waals surface area contributed by atoms with Gasteiger partial charge in [0.15, 0.2) is 0 Å². The fourth-order valence-electron chi connectivity index (χ4n) is 6.82. The molecular formula is C42H27BrN2S. The number of halogens is 1. The van der Waals surface area contributed by atoms with Crippen LogP contribution in [0.15, 0.2) is 168 Å². The summed E-state index contributed by atoms with van der Waals surface area (Å²) in [6.45, 7) is 0. The minimum absolute atomic E-state index is 1.06. The Kier molecular flexibility index (Phi) is 6.51. The smallest absolute Gasteiger partial charge is 0.0719 e. The molecule has 0 aliphatic rings. The highest BCUT2D eigenvalue weighted by molar-refractivity contribution is 9.10. The summed E-state index contributed by atoms with van der Waals surface area (Å²) in [6.07, 6.45) is 0. The van der Waals surface area contributed by atoms with Crippen LogP contribution in [-0.2, 0) is 0 Å². The molecule has 0 radical (unpaired) electrons. The highest BCUT2D eigenvalue weighted by atomic mass is 79.9. The fraction of sp³-hybridized carbons (Fsp3) is 0. The SMILES string of the molecule is Brc1cccc(-c2ccccc2N(c2ccccc2)c2ccc3c4ccc5c6ccccc6sc5c4n(-c4ccccc4)c3c2)c1. The predicted octanol–water partition coefficient (Wildman–Crippen LogP) is 13.1. The van der Waals surface area contributed by atoms with Gasteiger partial charge >= 0.3 is 0 Å². The van der Waals surface area contributed by atoms with Gasteiger partial charge in [0.05, 0.1) is 21.4 Å². The minimum Gasteiger partial charge on any atom is -0.310 e. The Morgan fingerprint density at radius 1 is 0.522 bits per heavy atom. The fourth-order valence-corrected chi connectivity index (χ4v) is 8.46. The number of anilines is 3. The van der Waals surface area contributed by atoms with Crippen molar-refractivity contribution in [3.8, 4) is 16.8 Å². The summed E-state index contributed by atoms with van der Waals surface area (Å²) in [7, 11) is 0. The zero-order valence-electron chi connectivity index (χ0n) is 24.8. The van der Waals surface area contributed by atoms with Gasteiger partial charge in [0.2, 0.25) is 0 Å². The summed E-state index contributed by atoms with van der Waals surface area (Å²) in [5.74, 6) is 0. The van der Waals surface area contributed by atoms with E-state index in [1.807, 2.05) is 11.3 Å². The molecule has 0 fully saturated rings. The van der Waals surface area contributed by atoms with Crippen molar-refractivity contribution < 1.29 is 0 Å². The van der Waals surface area contributed by atoms with E-state index in [1.54, 1.807) is 0 Å². The highest BCUT2D eigenvalue weighted by Crippen LogP contribution is 2.46. The first-order chi connectivity index (χ1) is 22.7. The molecule has 9 rings (SSSR count). The van der Waals surface area contributed by atoms with E-state index in [1.165, 1.54) is 47.5 Å². The second kappa shape index (κ2) is 11.0. The maximum absolute atomic E-state index is 3.70. The monoisotopic (exact) mass is 670 g/mol. The summed E-state index contributed by atoms with van der Waals surface area (Å²) in [5, 5.41) is 5.14. The molecule has 0 aliphatic carbocycles. The Morgan fingerprint density at radius 2 is 1.24 bits per heavy atom. The normalized spacial score (nSPS) is 11.6. The molecule has 0 bridgehead atoms. The molecule has 0 aliphatic heterocycles. The topological polar surface area (TPSA) is 8.17 Å². The van der Waals surface area contributed by atoms with Crippen LogP contribution in [0.4, 0.5) is 17.1 Å². The van der Waals surface area contributed by atoms with Crippen molar-refractivity contribution in [2.45, 2.75) is 0 Å². The molecule has 9 aromatic rings. The number of para-hydroxylation sites is 3. The van der Waals surface area contributed by atoms with Crippen LogP contribution in [0.2, 0.25) is 0 Å². The van der Waals surface area contributed by atoms with E-state index in [0.29, 0.717) is 0 Å². The van der Waals surface area contributed by atoms with Crippen LogP contribution in [0.1, 0.15) is 0 Å². The van der Waals surface area contributed by atoms with Crippen LogP contribution < -0.4 is 4.90 Å². The molecule has 0 saturated heterocycles. The predicted molar refractivity (Wildman–Crippen MR) is 201 cm³/mol. The van der Waals surface area contributed by atoms with Crippen molar-refractivity contribution in [1.29, 1.82) is 0 Å². The first-order valence-electron chi connectivity index (χ1n) is 15.4. The lowest BCUT2D eigenvalue weighted by Crippen LogP contribution is -2.11. The molecule has 0 saturated carbocycles. The van der Waals surface area contributed by atoms with Crippen molar-refractivity contribution in [3.05, 3.63) is 168 Å². The maximum atomic E-state index is 3.70. The van der Waals surface area contributed by atoms with Gasteiger partial charge < -0.3 is 9.47 Å².